The number of ether oxygens (including phenoxy) is 1. The molecule has 5 fully saturated rings. The summed E-state index contributed by atoms with van der Waals surface area (Å²) < 4.78 is 5.43. The van der Waals surface area contributed by atoms with Crippen molar-refractivity contribution in [3.05, 3.63) is 35.3 Å². The van der Waals surface area contributed by atoms with Gasteiger partial charge in [0.1, 0.15) is 5.01 Å². The van der Waals surface area contributed by atoms with Crippen molar-refractivity contribution < 1.29 is 9.53 Å². The number of nitrogens with one attached hydrogen (secondary N) is 1. The first-order chi connectivity index (χ1) is 15.1. The van der Waals surface area contributed by atoms with Crippen LogP contribution in [0, 0.1) is 23.2 Å². The molecule has 6 heteroatoms. The molecule has 0 atom stereocenters. The number of thiazole rings is 1. The van der Waals surface area contributed by atoms with Crippen molar-refractivity contribution in [2.45, 2.75) is 45.1 Å². The topological polar surface area (TPSA) is 54.5 Å². The maximum absolute atomic E-state index is 13.3. The number of benzene rings is 1. The first kappa shape index (κ1) is 19.9. The zero-order chi connectivity index (χ0) is 20.8. The third-order valence-corrected chi connectivity index (χ3v) is 8.89. The normalized spacial score (nSPS) is 32.3. The molecule has 4 saturated carbocycles. The average molecular weight is 438 g/mol. The number of carbonyl (C=O) groups excluding carboxylic acids is 1. The van der Waals surface area contributed by atoms with E-state index in [1.165, 1.54) is 19.3 Å². The molecule has 5 nitrogen and oxygen atoms in total. The van der Waals surface area contributed by atoms with E-state index in [2.05, 4.69) is 27.7 Å². The highest BCUT2D eigenvalue weighted by molar-refractivity contribution is 7.13. The van der Waals surface area contributed by atoms with E-state index in [1.54, 1.807) is 11.3 Å². The lowest BCUT2D eigenvalue weighted by Crippen LogP contribution is -2.51. The molecule has 1 aromatic carbocycles. The molecule has 1 aliphatic heterocycles. The molecule has 164 valence electrons. The van der Waals surface area contributed by atoms with Crippen molar-refractivity contribution in [2.24, 2.45) is 23.2 Å². The molecule has 0 spiro atoms. The van der Waals surface area contributed by atoms with Crippen LogP contribution in [0.2, 0.25) is 0 Å². The lowest BCUT2D eigenvalue weighted by molar-refractivity contribution is -0.140. The molecule has 0 radical (unpaired) electrons. The standard InChI is InChI=1S/C25H31N3O2S/c29-24(25-12-17-9-18(13-25)11-19(10-17)14-25)27-21-3-1-20(2-4-21)23-26-22(16-31-23)15-28-5-7-30-8-6-28/h1-4,16-19H,5-15H2,(H,27,29). The van der Waals surface area contributed by atoms with E-state index in [4.69, 9.17) is 9.72 Å². The zero-order valence-electron chi connectivity index (χ0n) is 18.0. The first-order valence-corrected chi connectivity index (χ1v) is 12.7. The summed E-state index contributed by atoms with van der Waals surface area (Å²) in [6.07, 6.45) is 7.41. The van der Waals surface area contributed by atoms with E-state index in [0.29, 0.717) is 0 Å². The fraction of sp³-hybridized carbons (Fsp3) is 0.600. The Kier molecular flexibility index (Phi) is 5.12. The van der Waals surface area contributed by atoms with Crippen molar-refractivity contribution in [1.82, 2.24) is 9.88 Å². The van der Waals surface area contributed by atoms with Crippen LogP contribution in [0.5, 0.6) is 0 Å². The molecular weight excluding hydrogens is 406 g/mol. The minimum absolute atomic E-state index is 0.100. The number of rotatable bonds is 5. The monoisotopic (exact) mass is 437 g/mol. The SMILES string of the molecule is O=C(Nc1ccc(-c2nc(CN3CCOCC3)cs2)cc1)C12CC3CC(CC(C3)C1)C2. The summed E-state index contributed by atoms with van der Waals surface area (Å²) in [5.41, 5.74) is 3.05. The molecule has 1 amide bonds. The van der Waals surface area contributed by atoms with E-state index in [0.717, 1.165) is 91.8 Å². The summed E-state index contributed by atoms with van der Waals surface area (Å²) in [6, 6.07) is 8.26. The Labute approximate surface area is 188 Å². The Morgan fingerprint density at radius 3 is 2.35 bits per heavy atom. The number of amides is 1. The summed E-state index contributed by atoms with van der Waals surface area (Å²) in [4.78, 5) is 20.5. The molecule has 2 heterocycles. The number of nitrogens with zero attached hydrogens (tertiary/aromatic N) is 2. The highest BCUT2D eigenvalue weighted by Crippen LogP contribution is 2.60. The van der Waals surface area contributed by atoms with E-state index in [-0.39, 0.29) is 11.3 Å². The van der Waals surface area contributed by atoms with Gasteiger partial charge >= 0.3 is 0 Å². The lowest BCUT2D eigenvalue weighted by atomic mass is 9.49. The Bertz CT molecular complexity index is 913. The molecule has 1 aromatic heterocycles. The summed E-state index contributed by atoms with van der Waals surface area (Å²) in [5.74, 6) is 2.63. The van der Waals surface area contributed by atoms with Gasteiger partial charge in [-0.15, -0.1) is 11.3 Å². The van der Waals surface area contributed by atoms with Crippen LogP contribution in [0.15, 0.2) is 29.6 Å². The molecule has 31 heavy (non-hydrogen) atoms. The predicted octanol–water partition coefficient (Wildman–Crippen LogP) is 4.80. The number of morpholine rings is 1. The fourth-order valence-corrected chi connectivity index (χ4v) is 7.67. The van der Waals surface area contributed by atoms with Crippen LogP contribution in [0.25, 0.3) is 10.6 Å². The molecule has 1 N–H and O–H groups in total. The molecule has 1 saturated heterocycles. The van der Waals surface area contributed by atoms with E-state index < -0.39 is 0 Å². The van der Waals surface area contributed by atoms with Gasteiger partial charge in [-0.2, -0.15) is 0 Å². The van der Waals surface area contributed by atoms with Gasteiger partial charge in [-0.05, 0) is 80.5 Å². The summed E-state index contributed by atoms with van der Waals surface area (Å²) in [6.45, 7) is 4.47. The second-order valence-corrected chi connectivity index (χ2v) is 11.1. The smallest absolute Gasteiger partial charge is 0.230 e. The maximum atomic E-state index is 13.3. The highest BCUT2D eigenvalue weighted by Gasteiger charge is 2.54. The third kappa shape index (κ3) is 3.94. The van der Waals surface area contributed by atoms with E-state index in [9.17, 15) is 4.79 Å². The summed E-state index contributed by atoms with van der Waals surface area (Å²) in [7, 11) is 0. The van der Waals surface area contributed by atoms with Crippen LogP contribution in [-0.2, 0) is 16.1 Å². The lowest BCUT2D eigenvalue weighted by Gasteiger charge is -2.55. The van der Waals surface area contributed by atoms with Crippen LogP contribution in [0.3, 0.4) is 0 Å². The Balaban J connectivity index is 1.11. The molecule has 4 bridgehead atoms. The quantitative estimate of drug-likeness (QED) is 0.730. The molecular formula is C25H31N3O2S. The average Bonchev–Trinajstić information content (AvgIpc) is 3.22. The maximum Gasteiger partial charge on any atom is 0.230 e. The minimum Gasteiger partial charge on any atom is -0.379 e. The third-order valence-electron chi connectivity index (χ3n) is 7.95. The van der Waals surface area contributed by atoms with Crippen LogP contribution in [0.4, 0.5) is 5.69 Å². The van der Waals surface area contributed by atoms with Gasteiger partial charge in [-0.25, -0.2) is 4.98 Å². The molecule has 5 aliphatic rings. The Morgan fingerprint density at radius 2 is 1.71 bits per heavy atom. The van der Waals surface area contributed by atoms with Crippen molar-refractivity contribution >= 4 is 22.9 Å². The van der Waals surface area contributed by atoms with Crippen molar-refractivity contribution in [1.29, 1.82) is 0 Å². The molecule has 7 rings (SSSR count). The van der Waals surface area contributed by atoms with E-state index in [1.807, 2.05) is 12.1 Å². The number of anilines is 1. The van der Waals surface area contributed by atoms with Crippen molar-refractivity contribution in [2.75, 3.05) is 31.6 Å². The van der Waals surface area contributed by atoms with Gasteiger partial charge in [0, 0.05) is 36.3 Å². The van der Waals surface area contributed by atoms with Crippen LogP contribution < -0.4 is 5.32 Å². The Hall–Kier alpha value is -1.76. The van der Waals surface area contributed by atoms with Gasteiger partial charge in [-0.1, -0.05) is 0 Å². The number of hydrogen-bond donors (Lipinski definition) is 1. The van der Waals surface area contributed by atoms with Gasteiger partial charge in [0.2, 0.25) is 5.91 Å². The number of aromatic nitrogens is 1. The summed E-state index contributed by atoms with van der Waals surface area (Å²) in [5, 5.41) is 6.47. The van der Waals surface area contributed by atoms with E-state index >= 15 is 0 Å². The summed E-state index contributed by atoms with van der Waals surface area (Å²) >= 11 is 1.69. The second kappa shape index (κ2) is 7.98. The van der Waals surface area contributed by atoms with Gasteiger partial charge in [0.25, 0.3) is 0 Å². The van der Waals surface area contributed by atoms with Gasteiger partial charge in [0.15, 0.2) is 0 Å². The Morgan fingerprint density at radius 1 is 1.06 bits per heavy atom. The molecule has 4 aliphatic carbocycles. The molecule has 2 aromatic rings. The van der Waals surface area contributed by atoms with Crippen LogP contribution >= 0.6 is 11.3 Å². The minimum atomic E-state index is -0.100. The largest absolute Gasteiger partial charge is 0.379 e. The highest BCUT2D eigenvalue weighted by atomic mass is 32.1. The number of hydrogen-bond acceptors (Lipinski definition) is 5. The predicted molar refractivity (Wildman–Crippen MR) is 123 cm³/mol. The van der Waals surface area contributed by atoms with Gasteiger partial charge in [0.05, 0.1) is 24.3 Å². The molecule has 0 unspecified atom stereocenters. The second-order valence-electron chi connectivity index (χ2n) is 10.3. The van der Waals surface area contributed by atoms with Gasteiger partial charge < -0.3 is 10.1 Å². The van der Waals surface area contributed by atoms with Crippen molar-refractivity contribution in [3.63, 3.8) is 0 Å². The van der Waals surface area contributed by atoms with Gasteiger partial charge in [-0.3, -0.25) is 9.69 Å². The first-order valence-electron chi connectivity index (χ1n) is 11.8. The van der Waals surface area contributed by atoms with Crippen molar-refractivity contribution in [3.8, 4) is 10.6 Å². The zero-order valence-corrected chi connectivity index (χ0v) is 18.8. The number of carbonyl (C=O) groups is 1. The van der Waals surface area contributed by atoms with Crippen LogP contribution in [-0.4, -0.2) is 42.1 Å². The fourth-order valence-electron chi connectivity index (χ4n) is 6.85. The van der Waals surface area contributed by atoms with Crippen LogP contribution in [0.1, 0.15) is 44.2 Å².